The summed E-state index contributed by atoms with van der Waals surface area (Å²) in [7, 11) is 0. The van der Waals surface area contributed by atoms with Gasteiger partial charge in [0.15, 0.2) is 0 Å². The summed E-state index contributed by atoms with van der Waals surface area (Å²) < 4.78 is 2.87. The Morgan fingerprint density at radius 3 is 2.50 bits per heavy atom. The third kappa shape index (κ3) is 2.56. The smallest absolute Gasteiger partial charge is 0.0759 e. The molecule has 1 atom stereocenters. The van der Waals surface area contributed by atoms with E-state index in [-0.39, 0.29) is 6.04 Å². The third-order valence-corrected chi connectivity index (χ3v) is 4.93. The van der Waals surface area contributed by atoms with Crippen LogP contribution in [0.2, 0.25) is 0 Å². The average molecular weight is 427 g/mol. The van der Waals surface area contributed by atoms with Crippen LogP contribution >= 0.6 is 59.1 Å². The van der Waals surface area contributed by atoms with Crippen LogP contribution in [-0.2, 0) is 0 Å². The summed E-state index contributed by atoms with van der Waals surface area (Å²) in [5.41, 5.74) is 8.07. The zero-order valence-electron chi connectivity index (χ0n) is 7.95. The molecule has 2 heterocycles. The highest BCUT2D eigenvalue weighted by molar-refractivity contribution is 9.11. The lowest BCUT2D eigenvalue weighted by atomic mass is 10.1. The normalized spacial score (nSPS) is 12.8. The van der Waals surface area contributed by atoms with Crippen molar-refractivity contribution in [3.05, 3.63) is 47.7 Å². The Morgan fingerprint density at radius 2 is 1.94 bits per heavy atom. The molecule has 0 fully saturated rings. The number of hydrogen-bond donors (Lipinski definition) is 1. The van der Waals surface area contributed by atoms with E-state index in [0.717, 1.165) is 24.7 Å². The molecule has 0 saturated carbocycles. The number of hydrogen-bond acceptors (Lipinski definition) is 3. The van der Waals surface area contributed by atoms with E-state index in [1.165, 1.54) is 0 Å². The van der Waals surface area contributed by atoms with Crippen LogP contribution in [0.25, 0.3) is 0 Å². The topological polar surface area (TPSA) is 38.9 Å². The molecule has 2 aromatic rings. The van der Waals surface area contributed by atoms with Crippen LogP contribution in [-0.4, -0.2) is 4.98 Å². The Hall–Kier alpha value is 0.250. The molecule has 0 radical (unpaired) electrons. The van der Waals surface area contributed by atoms with E-state index in [2.05, 4.69) is 52.8 Å². The van der Waals surface area contributed by atoms with Crippen molar-refractivity contribution in [3.8, 4) is 0 Å². The lowest BCUT2D eigenvalue weighted by Gasteiger charge is -2.12. The fraction of sp³-hybridized carbons (Fsp3) is 0.100. The van der Waals surface area contributed by atoms with Crippen LogP contribution in [0.1, 0.15) is 17.3 Å². The molecule has 84 valence electrons. The monoisotopic (exact) mass is 424 g/mol. The average Bonchev–Trinajstić information content (AvgIpc) is 2.63. The summed E-state index contributed by atoms with van der Waals surface area (Å²) in [6.45, 7) is 0. The first-order chi connectivity index (χ1) is 7.59. The maximum absolute atomic E-state index is 6.18. The zero-order valence-corrected chi connectivity index (χ0v) is 13.5. The Bertz CT molecular complexity index is 513. The first kappa shape index (κ1) is 12.7. The van der Waals surface area contributed by atoms with Crippen LogP contribution in [0.4, 0.5) is 0 Å². The van der Waals surface area contributed by atoms with Gasteiger partial charge in [-0.1, -0.05) is 0 Å². The van der Waals surface area contributed by atoms with Gasteiger partial charge in [0.05, 0.1) is 11.7 Å². The Labute approximate surface area is 123 Å². The lowest BCUT2D eigenvalue weighted by Crippen LogP contribution is -2.13. The van der Waals surface area contributed by atoms with Gasteiger partial charge in [-0.05, 0) is 64.8 Å². The van der Waals surface area contributed by atoms with Crippen molar-refractivity contribution < 1.29 is 0 Å². The van der Waals surface area contributed by atoms with E-state index in [1.54, 1.807) is 17.5 Å². The lowest BCUT2D eigenvalue weighted by molar-refractivity contribution is 0.821. The molecule has 16 heavy (non-hydrogen) atoms. The van der Waals surface area contributed by atoms with Crippen molar-refractivity contribution in [3.63, 3.8) is 0 Å². The SMILES string of the molecule is NC(c1cscc1Br)c1ncc(Br)cc1Br. The molecular weight excluding hydrogens is 420 g/mol. The highest BCUT2D eigenvalue weighted by atomic mass is 79.9. The highest BCUT2D eigenvalue weighted by Gasteiger charge is 2.17. The largest absolute Gasteiger partial charge is 0.319 e. The molecule has 0 amide bonds. The van der Waals surface area contributed by atoms with Crippen LogP contribution in [0.3, 0.4) is 0 Å². The third-order valence-electron chi connectivity index (χ3n) is 2.11. The first-order valence-corrected chi connectivity index (χ1v) is 7.70. The van der Waals surface area contributed by atoms with Gasteiger partial charge >= 0.3 is 0 Å². The van der Waals surface area contributed by atoms with Crippen LogP contribution in [0.5, 0.6) is 0 Å². The van der Waals surface area contributed by atoms with Gasteiger partial charge in [0, 0.05) is 25.0 Å². The fourth-order valence-electron chi connectivity index (χ4n) is 1.31. The molecule has 1 unspecified atom stereocenters. The van der Waals surface area contributed by atoms with Gasteiger partial charge in [0.25, 0.3) is 0 Å². The quantitative estimate of drug-likeness (QED) is 0.769. The van der Waals surface area contributed by atoms with Gasteiger partial charge in [-0.25, -0.2) is 0 Å². The minimum Gasteiger partial charge on any atom is -0.319 e. The van der Waals surface area contributed by atoms with Gasteiger partial charge in [0.2, 0.25) is 0 Å². The number of nitrogens with zero attached hydrogens (tertiary/aromatic N) is 1. The molecule has 0 bridgehead atoms. The molecule has 2 rings (SSSR count). The van der Waals surface area contributed by atoms with Gasteiger partial charge in [-0.3, -0.25) is 4.98 Å². The Balaban J connectivity index is 2.41. The van der Waals surface area contributed by atoms with Crippen LogP contribution < -0.4 is 5.73 Å². The van der Waals surface area contributed by atoms with Gasteiger partial charge < -0.3 is 5.73 Å². The second-order valence-electron chi connectivity index (χ2n) is 3.17. The number of rotatable bonds is 2. The Morgan fingerprint density at radius 1 is 1.19 bits per heavy atom. The molecule has 2 aromatic heterocycles. The maximum Gasteiger partial charge on any atom is 0.0759 e. The molecule has 2 nitrogen and oxygen atoms in total. The van der Waals surface area contributed by atoms with Crippen molar-refractivity contribution in [1.29, 1.82) is 0 Å². The number of pyridine rings is 1. The number of thiophene rings is 1. The zero-order chi connectivity index (χ0) is 11.7. The predicted molar refractivity (Wildman–Crippen MR) is 77.7 cm³/mol. The minimum absolute atomic E-state index is 0.219. The summed E-state index contributed by atoms with van der Waals surface area (Å²) in [6.07, 6.45) is 1.75. The molecule has 0 aliphatic rings. The molecular formula is C10H7Br3N2S. The van der Waals surface area contributed by atoms with Gasteiger partial charge in [-0.15, -0.1) is 0 Å². The molecule has 0 aliphatic carbocycles. The summed E-state index contributed by atoms with van der Waals surface area (Å²) in [5.74, 6) is 0. The fourth-order valence-corrected chi connectivity index (χ4v) is 4.13. The Kier molecular flexibility index (Phi) is 4.18. The summed E-state index contributed by atoms with van der Waals surface area (Å²) >= 11 is 11.9. The molecule has 0 saturated heterocycles. The summed E-state index contributed by atoms with van der Waals surface area (Å²) in [4.78, 5) is 4.34. The molecule has 2 N–H and O–H groups in total. The first-order valence-electron chi connectivity index (χ1n) is 4.37. The predicted octanol–water partition coefficient (Wildman–Crippen LogP) is 4.48. The number of halogens is 3. The van der Waals surface area contributed by atoms with Crippen LogP contribution in [0, 0.1) is 0 Å². The van der Waals surface area contributed by atoms with E-state index in [1.807, 2.05) is 16.8 Å². The van der Waals surface area contributed by atoms with E-state index in [9.17, 15) is 0 Å². The van der Waals surface area contributed by atoms with E-state index < -0.39 is 0 Å². The maximum atomic E-state index is 6.18. The number of aromatic nitrogens is 1. The van der Waals surface area contributed by atoms with Crippen molar-refractivity contribution in [2.45, 2.75) is 6.04 Å². The second kappa shape index (κ2) is 5.27. The van der Waals surface area contributed by atoms with Crippen molar-refractivity contribution >= 4 is 59.1 Å². The second-order valence-corrected chi connectivity index (χ2v) is 6.54. The van der Waals surface area contributed by atoms with E-state index in [4.69, 9.17) is 5.73 Å². The molecule has 0 aromatic carbocycles. The molecule has 6 heteroatoms. The summed E-state index contributed by atoms with van der Waals surface area (Å²) in [6, 6.07) is 1.73. The molecule has 0 spiro atoms. The van der Waals surface area contributed by atoms with Crippen LogP contribution in [0.15, 0.2) is 36.4 Å². The van der Waals surface area contributed by atoms with E-state index >= 15 is 0 Å². The van der Waals surface area contributed by atoms with Crippen molar-refractivity contribution in [2.75, 3.05) is 0 Å². The minimum atomic E-state index is -0.219. The van der Waals surface area contributed by atoms with E-state index in [0.29, 0.717) is 0 Å². The van der Waals surface area contributed by atoms with Gasteiger partial charge in [-0.2, -0.15) is 11.3 Å². The highest BCUT2D eigenvalue weighted by Crippen LogP contribution is 2.32. The number of nitrogens with two attached hydrogens (primary N) is 1. The van der Waals surface area contributed by atoms with Crippen molar-refractivity contribution in [2.24, 2.45) is 5.73 Å². The van der Waals surface area contributed by atoms with Gasteiger partial charge in [0.1, 0.15) is 0 Å². The summed E-state index contributed by atoms with van der Waals surface area (Å²) in [5, 5.41) is 4.05. The standard InChI is InChI=1S/C10H7Br3N2S/c11-5-1-7(12)10(15-2-5)9(14)6-3-16-4-8(6)13/h1-4,9H,14H2. The van der Waals surface area contributed by atoms with Crippen molar-refractivity contribution in [1.82, 2.24) is 4.98 Å². The molecule has 0 aliphatic heterocycles.